The Morgan fingerprint density at radius 3 is 2.45 bits per heavy atom. The van der Waals surface area contributed by atoms with Crippen molar-refractivity contribution in [1.82, 2.24) is 0 Å². The summed E-state index contributed by atoms with van der Waals surface area (Å²) in [6, 6.07) is 16.2. The fourth-order valence-electron chi connectivity index (χ4n) is 1.59. The van der Waals surface area contributed by atoms with Crippen molar-refractivity contribution in [2.24, 2.45) is 4.36 Å². The molecule has 0 radical (unpaired) electrons. The Bertz CT molecular complexity index is 611. The minimum absolute atomic E-state index is 0.438. The van der Waals surface area contributed by atoms with Crippen molar-refractivity contribution in [3.8, 4) is 0 Å². The van der Waals surface area contributed by atoms with Crippen LogP contribution in [0.4, 0.5) is 17.1 Å². The summed E-state index contributed by atoms with van der Waals surface area (Å²) in [6.45, 7) is 0. The van der Waals surface area contributed by atoms with Gasteiger partial charge < -0.3 is 5.32 Å². The fourth-order valence-corrected chi connectivity index (χ4v) is 4.55. The van der Waals surface area contributed by atoms with E-state index in [2.05, 4.69) is 15.7 Å². The van der Waals surface area contributed by atoms with E-state index in [1.54, 1.807) is 10.8 Å². The van der Waals surface area contributed by atoms with Gasteiger partial charge in [0.1, 0.15) is 0 Å². The summed E-state index contributed by atoms with van der Waals surface area (Å²) >= 11 is -0.931. The van der Waals surface area contributed by atoms with Crippen LogP contribution in [0.3, 0.4) is 0 Å². The molecule has 1 heterocycles. The standard InChI is InChI=1S/C12H9ClN2S2.2ClH.Zn/c13-17-15-11-7-6-10(8-12(11)16-17)14-9-4-2-1-3-5-9;;;/h1-8,14H;2*1H;/q;;;+2/p-2. The van der Waals surface area contributed by atoms with E-state index in [0.29, 0.717) is 0 Å². The summed E-state index contributed by atoms with van der Waals surface area (Å²) in [6.07, 6.45) is 0. The summed E-state index contributed by atoms with van der Waals surface area (Å²) in [5.41, 5.74) is 3.14. The Labute approximate surface area is 144 Å². The second-order valence-corrected chi connectivity index (χ2v) is 12.4. The number of nitrogens with one attached hydrogen (secondary N) is 1. The summed E-state index contributed by atoms with van der Waals surface area (Å²) < 4.78 is 4.33. The van der Waals surface area contributed by atoms with Crippen molar-refractivity contribution in [3.63, 3.8) is 0 Å². The molecular weight excluding hydrogens is 408 g/mol. The van der Waals surface area contributed by atoms with Crippen LogP contribution in [0.25, 0.3) is 0 Å². The second-order valence-electron chi connectivity index (χ2n) is 3.66. The Kier molecular flexibility index (Phi) is 7.16. The third-order valence-electron chi connectivity index (χ3n) is 2.35. The van der Waals surface area contributed by atoms with E-state index in [-0.39, 0.29) is 0 Å². The first-order valence-corrected chi connectivity index (χ1v) is 16.8. The van der Waals surface area contributed by atoms with Crippen LogP contribution in [0.15, 0.2) is 57.8 Å². The van der Waals surface area contributed by atoms with Gasteiger partial charge in [-0.2, -0.15) is 0 Å². The molecule has 8 heteroatoms. The zero-order chi connectivity index (χ0) is 14.4. The van der Waals surface area contributed by atoms with Gasteiger partial charge in [-0.3, -0.25) is 0 Å². The van der Waals surface area contributed by atoms with E-state index in [1.807, 2.05) is 42.5 Å². The van der Waals surface area contributed by atoms with E-state index in [1.165, 1.54) is 0 Å². The first kappa shape index (κ1) is 16.6. The molecule has 0 saturated heterocycles. The maximum absolute atomic E-state index is 5.99. The van der Waals surface area contributed by atoms with E-state index in [4.69, 9.17) is 30.1 Å². The maximum atomic E-state index is 5.99. The molecule has 0 fully saturated rings. The number of anilines is 2. The molecule has 0 bridgehead atoms. The Morgan fingerprint density at radius 2 is 1.75 bits per heavy atom. The number of hydrogen-bond donors (Lipinski definition) is 1. The van der Waals surface area contributed by atoms with Crippen molar-refractivity contribution in [1.29, 1.82) is 0 Å². The van der Waals surface area contributed by atoms with Crippen molar-refractivity contribution in [2.75, 3.05) is 5.32 Å². The van der Waals surface area contributed by atoms with E-state index < -0.39 is 24.1 Å². The molecule has 0 amide bonds. The molecule has 0 aliphatic carbocycles. The third kappa shape index (κ3) is 4.90. The molecule has 3 rings (SSSR count). The predicted octanol–water partition coefficient (Wildman–Crippen LogP) is 6.41. The molecule has 2 aromatic carbocycles. The zero-order valence-electron chi connectivity index (χ0n) is 10.2. The van der Waals surface area contributed by atoms with Crippen LogP contribution in [0.5, 0.6) is 0 Å². The molecule has 1 unspecified atom stereocenters. The molecule has 0 aromatic heterocycles. The molecule has 1 N–H and O–H groups in total. The second kappa shape index (κ2) is 8.62. The number of para-hydroxylation sites is 1. The van der Waals surface area contributed by atoms with Crippen LogP contribution < -0.4 is 5.32 Å². The van der Waals surface area contributed by atoms with Crippen molar-refractivity contribution in [2.45, 2.75) is 4.90 Å². The van der Waals surface area contributed by atoms with Gasteiger partial charge in [0.2, 0.25) is 0 Å². The van der Waals surface area contributed by atoms with Gasteiger partial charge in [0.05, 0.1) is 14.6 Å². The van der Waals surface area contributed by atoms with Crippen LogP contribution in [0.2, 0.25) is 0 Å². The summed E-state index contributed by atoms with van der Waals surface area (Å²) in [5, 5.41) is 3.35. The summed E-state index contributed by atoms with van der Waals surface area (Å²) in [7, 11) is 17.1. The number of hydrogen-bond acceptors (Lipinski definition) is 3. The average Bonchev–Trinajstić information content (AvgIpc) is 2.80. The quantitative estimate of drug-likeness (QED) is 0.451. The molecule has 1 aliphatic rings. The van der Waals surface area contributed by atoms with Gasteiger partial charge >= 0.3 is 34.5 Å². The molecule has 0 spiro atoms. The van der Waals surface area contributed by atoms with Gasteiger partial charge in [0, 0.05) is 16.3 Å². The SMILES string of the molecule is ClS1=Nc2ccc(Nc3ccccc3)cc2S1.[Cl][Zn][Cl]. The minimum atomic E-state index is -0.931. The zero-order valence-corrected chi connectivity index (χ0v) is 17.1. The van der Waals surface area contributed by atoms with Gasteiger partial charge in [0.15, 0.2) is 0 Å². The molecule has 1 aliphatic heterocycles. The molecule has 20 heavy (non-hydrogen) atoms. The van der Waals surface area contributed by atoms with Crippen molar-refractivity contribution < 1.29 is 15.1 Å². The molecule has 102 valence electrons. The summed E-state index contributed by atoms with van der Waals surface area (Å²) in [5.74, 6) is 0. The Balaban J connectivity index is 0.000000452. The van der Waals surface area contributed by atoms with Crippen LogP contribution in [0.1, 0.15) is 0 Å². The van der Waals surface area contributed by atoms with Crippen molar-refractivity contribution in [3.05, 3.63) is 48.5 Å². The number of halogens is 3. The van der Waals surface area contributed by atoms with Crippen molar-refractivity contribution >= 4 is 66.9 Å². The van der Waals surface area contributed by atoms with Crippen LogP contribution in [0, 0.1) is 0 Å². The van der Waals surface area contributed by atoms with E-state index in [0.717, 1.165) is 22.0 Å². The first-order valence-electron chi connectivity index (χ1n) is 5.61. The fraction of sp³-hybridized carbons (Fsp3) is 0. The van der Waals surface area contributed by atoms with E-state index >= 15 is 0 Å². The van der Waals surface area contributed by atoms with Gasteiger partial charge in [0.25, 0.3) is 0 Å². The molecule has 1 atom stereocenters. The normalized spacial score (nSPS) is 15.2. The first-order chi connectivity index (χ1) is 9.72. The van der Waals surface area contributed by atoms with Gasteiger partial charge in [-0.05, 0) is 51.8 Å². The molecule has 2 nitrogen and oxygen atoms in total. The Morgan fingerprint density at radius 1 is 1.05 bits per heavy atom. The Hall–Kier alpha value is 0.233. The van der Waals surface area contributed by atoms with Crippen LogP contribution in [-0.4, -0.2) is 0 Å². The molecule has 0 saturated carbocycles. The summed E-state index contributed by atoms with van der Waals surface area (Å²) in [4.78, 5) is 1.14. The predicted molar refractivity (Wildman–Crippen MR) is 89.0 cm³/mol. The number of rotatable bonds is 2. The number of benzene rings is 2. The topological polar surface area (TPSA) is 24.4 Å². The van der Waals surface area contributed by atoms with Crippen LogP contribution >= 0.6 is 40.9 Å². The van der Waals surface area contributed by atoms with Gasteiger partial charge in [-0.1, -0.05) is 18.2 Å². The third-order valence-corrected chi connectivity index (χ3v) is 5.28. The van der Waals surface area contributed by atoms with Crippen LogP contribution in [-0.2, 0) is 24.1 Å². The number of fused-ring (bicyclic) bond motifs is 1. The monoisotopic (exact) mass is 414 g/mol. The van der Waals surface area contributed by atoms with E-state index in [9.17, 15) is 0 Å². The van der Waals surface area contributed by atoms with Gasteiger partial charge in [-0.15, -0.1) is 0 Å². The molecular formula is C12H9Cl3N2S2Zn. The number of nitrogens with zero attached hydrogens (tertiary/aromatic N) is 1. The molecule has 2 aromatic rings. The average molecular weight is 417 g/mol. The van der Waals surface area contributed by atoms with Gasteiger partial charge in [-0.25, -0.2) is 4.36 Å².